The molecule has 3 aromatic rings. The van der Waals surface area contributed by atoms with Crippen LogP contribution in [0, 0.1) is 0 Å². The number of amides is 1. The molecule has 0 saturated carbocycles. The molecule has 7 heteroatoms. The van der Waals surface area contributed by atoms with Crippen LogP contribution in [0.3, 0.4) is 0 Å². The first-order valence-electron chi connectivity index (χ1n) is 7.67. The van der Waals surface area contributed by atoms with Gasteiger partial charge < -0.3 is 14.5 Å². The molecule has 1 aromatic heterocycles. The van der Waals surface area contributed by atoms with E-state index in [2.05, 4.69) is 5.32 Å². The second-order valence-corrected chi connectivity index (χ2v) is 5.41. The van der Waals surface area contributed by atoms with Crippen molar-refractivity contribution in [1.82, 2.24) is 0 Å². The molecule has 0 aliphatic carbocycles. The highest BCUT2D eigenvalue weighted by molar-refractivity contribution is 6.02. The summed E-state index contributed by atoms with van der Waals surface area (Å²) in [6.45, 7) is -1.44. The van der Waals surface area contributed by atoms with Gasteiger partial charge in [-0.2, -0.15) is 13.2 Å². The van der Waals surface area contributed by atoms with E-state index < -0.39 is 18.7 Å². The lowest BCUT2D eigenvalue weighted by atomic mass is 10.2. The SMILES string of the molecule is O=C(/C=C/c1cc2ccccc2o1)Nc1ccccc1OCC(F)(F)F. The van der Waals surface area contributed by atoms with Gasteiger partial charge in [0.15, 0.2) is 6.61 Å². The highest BCUT2D eigenvalue weighted by Crippen LogP contribution is 2.26. The van der Waals surface area contributed by atoms with Crippen LogP contribution in [-0.4, -0.2) is 18.7 Å². The van der Waals surface area contributed by atoms with E-state index in [1.54, 1.807) is 18.2 Å². The van der Waals surface area contributed by atoms with Crippen molar-refractivity contribution in [2.75, 3.05) is 11.9 Å². The van der Waals surface area contributed by atoms with Gasteiger partial charge in [-0.25, -0.2) is 0 Å². The Morgan fingerprint density at radius 1 is 1.12 bits per heavy atom. The summed E-state index contributed by atoms with van der Waals surface area (Å²) < 4.78 is 47.2. The van der Waals surface area contributed by atoms with Gasteiger partial charge in [-0.1, -0.05) is 30.3 Å². The molecule has 0 aliphatic rings. The molecule has 1 N–H and O–H groups in total. The van der Waals surface area contributed by atoms with Gasteiger partial charge in [0.1, 0.15) is 17.1 Å². The Bertz CT molecular complexity index is 911. The quantitative estimate of drug-likeness (QED) is 0.649. The molecule has 0 fully saturated rings. The van der Waals surface area contributed by atoms with Gasteiger partial charge in [0.2, 0.25) is 5.91 Å². The molecule has 4 nitrogen and oxygen atoms in total. The Kier molecular flexibility index (Phi) is 4.97. The maximum atomic E-state index is 12.3. The smallest absolute Gasteiger partial charge is 0.422 e. The molecule has 0 bridgehead atoms. The summed E-state index contributed by atoms with van der Waals surface area (Å²) in [6.07, 6.45) is -1.74. The molecule has 0 radical (unpaired) electrons. The molecule has 26 heavy (non-hydrogen) atoms. The average Bonchev–Trinajstić information content (AvgIpc) is 3.01. The highest BCUT2D eigenvalue weighted by Gasteiger charge is 2.28. The molecule has 0 atom stereocenters. The van der Waals surface area contributed by atoms with Crippen molar-refractivity contribution in [1.29, 1.82) is 0 Å². The predicted molar refractivity (Wildman–Crippen MR) is 91.9 cm³/mol. The number of carbonyl (C=O) groups excluding carboxylic acids is 1. The fourth-order valence-electron chi connectivity index (χ4n) is 2.27. The number of alkyl halides is 3. The summed E-state index contributed by atoms with van der Waals surface area (Å²) in [7, 11) is 0. The standard InChI is InChI=1S/C19H14F3NO3/c20-19(21,22)12-25-17-8-4-2-6-15(17)23-18(24)10-9-14-11-13-5-1-3-7-16(13)26-14/h1-11H,12H2,(H,23,24)/b10-9+. The van der Waals surface area contributed by atoms with Crippen molar-refractivity contribution in [2.45, 2.75) is 6.18 Å². The number of nitrogens with one attached hydrogen (secondary N) is 1. The predicted octanol–water partition coefficient (Wildman–Crippen LogP) is 5.03. The summed E-state index contributed by atoms with van der Waals surface area (Å²) in [4.78, 5) is 12.0. The van der Waals surface area contributed by atoms with Crippen molar-refractivity contribution in [2.24, 2.45) is 0 Å². The Balaban J connectivity index is 1.68. The fraction of sp³-hybridized carbons (Fsp3) is 0.105. The lowest BCUT2D eigenvalue weighted by molar-refractivity contribution is -0.153. The van der Waals surface area contributed by atoms with Crippen molar-refractivity contribution in [3.63, 3.8) is 0 Å². The summed E-state index contributed by atoms with van der Waals surface area (Å²) in [5.74, 6) is -0.0909. The van der Waals surface area contributed by atoms with Gasteiger partial charge in [0.05, 0.1) is 5.69 Å². The number of fused-ring (bicyclic) bond motifs is 1. The Morgan fingerprint density at radius 3 is 2.62 bits per heavy atom. The third-order valence-corrected chi connectivity index (χ3v) is 3.38. The molecule has 0 unspecified atom stereocenters. The largest absolute Gasteiger partial charge is 0.482 e. The van der Waals surface area contributed by atoms with Crippen LogP contribution in [0.15, 0.2) is 65.1 Å². The van der Waals surface area contributed by atoms with Crippen molar-refractivity contribution in [3.05, 3.63) is 66.4 Å². The maximum Gasteiger partial charge on any atom is 0.422 e. The summed E-state index contributed by atoms with van der Waals surface area (Å²) in [5.41, 5.74) is 0.842. The molecule has 0 spiro atoms. The average molecular weight is 361 g/mol. The van der Waals surface area contributed by atoms with Gasteiger partial charge >= 0.3 is 6.18 Å². The molecule has 1 amide bonds. The highest BCUT2D eigenvalue weighted by atomic mass is 19.4. The summed E-state index contributed by atoms with van der Waals surface area (Å²) in [5, 5.41) is 3.39. The van der Waals surface area contributed by atoms with E-state index >= 15 is 0 Å². The van der Waals surface area contributed by atoms with E-state index in [9.17, 15) is 18.0 Å². The van der Waals surface area contributed by atoms with Crippen LogP contribution >= 0.6 is 0 Å². The van der Waals surface area contributed by atoms with E-state index in [0.29, 0.717) is 11.3 Å². The zero-order valence-electron chi connectivity index (χ0n) is 13.4. The lowest BCUT2D eigenvalue weighted by Gasteiger charge is -2.13. The maximum absolute atomic E-state index is 12.3. The van der Waals surface area contributed by atoms with E-state index in [1.807, 2.05) is 18.2 Å². The molecular weight excluding hydrogens is 347 g/mol. The zero-order valence-corrected chi connectivity index (χ0v) is 13.4. The summed E-state index contributed by atoms with van der Waals surface area (Å²) >= 11 is 0. The normalized spacial score (nSPS) is 11.8. The van der Waals surface area contributed by atoms with Crippen LogP contribution in [0.4, 0.5) is 18.9 Å². The minimum atomic E-state index is -4.46. The number of hydrogen-bond acceptors (Lipinski definition) is 3. The van der Waals surface area contributed by atoms with Crippen LogP contribution in [0.2, 0.25) is 0 Å². The number of halogens is 3. The van der Waals surface area contributed by atoms with E-state index in [4.69, 9.17) is 9.15 Å². The monoisotopic (exact) mass is 361 g/mol. The van der Waals surface area contributed by atoms with Gasteiger partial charge in [-0.05, 0) is 30.3 Å². The Labute approximate surface area is 146 Å². The summed E-state index contributed by atoms with van der Waals surface area (Å²) in [6, 6.07) is 15.1. The molecule has 134 valence electrons. The Morgan fingerprint density at radius 2 is 1.85 bits per heavy atom. The topological polar surface area (TPSA) is 51.5 Å². The van der Waals surface area contributed by atoms with Gasteiger partial charge in [-0.15, -0.1) is 0 Å². The lowest BCUT2D eigenvalue weighted by Crippen LogP contribution is -2.20. The van der Waals surface area contributed by atoms with Gasteiger partial charge in [0, 0.05) is 11.5 Å². The van der Waals surface area contributed by atoms with Crippen molar-refractivity contribution in [3.8, 4) is 5.75 Å². The first-order chi connectivity index (χ1) is 12.4. The minimum Gasteiger partial charge on any atom is -0.482 e. The van der Waals surface area contributed by atoms with E-state index in [-0.39, 0.29) is 11.4 Å². The third-order valence-electron chi connectivity index (χ3n) is 3.38. The number of rotatable bonds is 5. The van der Waals surface area contributed by atoms with Crippen LogP contribution in [0.25, 0.3) is 17.0 Å². The number of para-hydroxylation sites is 3. The van der Waals surface area contributed by atoms with Crippen LogP contribution in [0.5, 0.6) is 5.75 Å². The third kappa shape index (κ3) is 4.66. The minimum absolute atomic E-state index is 0.0599. The van der Waals surface area contributed by atoms with Gasteiger partial charge in [0.25, 0.3) is 0 Å². The first-order valence-corrected chi connectivity index (χ1v) is 7.67. The molecular formula is C19H14F3NO3. The molecule has 3 rings (SSSR count). The molecule has 1 heterocycles. The second kappa shape index (κ2) is 7.35. The number of anilines is 1. The zero-order chi connectivity index (χ0) is 18.6. The number of benzene rings is 2. The number of ether oxygens (including phenoxy) is 1. The van der Waals surface area contributed by atoms with Crippen LogP contribution < -0.4 is 10.1 Å². The number of furan rings is 1. The van der Waals surface area contributed by atoms with Crippen LogP contribution in [0.1, 0.15) is 5.76 Å². The second-order valence-electron chi connectivity index (χ2n) is 5.41. The van der Waals surface area contributed by atoms with Gasteiger partial charge in [-0.3, -0.25) is 4.79 Å². The molecule has 0 saturated heterocycles. The van der Waals surface area contributed by atoms with E-state index in [1.165, 1.54) is 30.4 Å². The van der Waals surface area contributed by atoms with Crippen LogP contribution in [-0.2, 0) is 4.79 Å². The first kappa shape index (κ1) is 17.6. The molecule has 2 aromatic carbocycles. The number of carbonyl (C=O) groups is 1. The Hall–Kier alpha value is -3.22. The van der Waals surface area contributed by atoms with E-state index in [0.717, 1.165) is 5.39 Å². The van der Waals surface area contributed by atoms with Crippen molar-refractivity contribution < 1.29 is 27.1 Å². The number of hydrogen-bond donors (Lipinski definition) is 1. The fourth-order valence-corrected chi connectivity index (χ4v) is 2.27. The molecule has 0 aliphatic heterocycles. The van der Waals surface area contributed by atoms with Crippen molar-refractivity contribution >= 4 is 28.6 Å².